The van der Waals surface area contributed by atoms with Crippen molar-refractivity contribution in [3.05, 3.63) is 54.2 Å². The van der Waals surface area contributed by atoms with E-state index in [1.165, 1.54) is 38.1 Å². The largest absolute Gasteiger partial charge is 0.370 e. The SMILES string of the molecule is CSCC[C@H](NC(C)=O)C(=O)N[C@H](C(=O)N[C@@H](Cc1cnc[nH]1)C(=O)N[C@@H](Cc1c[nH]c2ccccc12)C(=O)N[C@@H](CCCN=C(N)N)C(=O)N[C@@H](C)C(N)=O)C(C)C. The number of nitrogens with two attached hydrogens (primary N) is 3. The average Bonchev–Trinajstić information content (AvgIpc) is 3.85. The summed E-state index contributed by atoms with van der Waals surface area (Å²) in [4.78, 5) is 107. The van der Waals surface area contributed by atoms with Crippen molar-refractivity contribution in [1.82, 2.24) is 46.9 Å². The predicted molar refractivity (Wildman–Crippen MR) is 224 cm³/mol. The molecule has 0 saturated carbocycles. The van der Waals surface area contributed by atoms with Crippen LogP contribution in [-0.2, 0) is 46.4 Å². The smallest absolute Gasteiger partial charge is 0.243 e. The average molecular weight is 840 g/mol. The monoisotopic (exact) mass is 839 g/mol. The lowest BCUT2D eigenvalue weighted by molar-refractivity contribution is -0.135. The molecule has 6 atom stereocenters. The van der Waals surface area contributed by atoms with Crippen molar-refractivity contribution in [2.24, 2.45) is 28.1 Å². The highest BCUT2D eigenvalue weighted by molar-refractivity contribution is 7.98. The lowest BCUT2D eigenvalue weighted by Gasteiger charge is -2.28. The second kappa shape index (κ2) is 23.3. The number of nitrogens with one attached hydrogen (secondary N) is 8. The van der Waals surface area contributed by atoms with Gasteiger partial charge < -0.3 is 59.1 Å². The molecule has 1 aromatic carbocycles. The third kappa shape index (κ3) is 15.3. The number of nitrogens with zero attached hydrogens (tertiary/aromatic N) is 2. The highest BCUT2D eigenvalue weighted by Crippen LogP contribution is 2.20. The molecule has 0 spiro atoms. The topological polar surface area (TPSA) is 327 Å². The molecule has 21 heteroatoms. The quantitative estimate of drug-likeness (QED) is 0.0282. The number of H-pyrrole nitrogens is 2. The number of benzene rings is 1. The zero-order valence-electron chi connectivity index (χ0n) is 33.9. The molecule has 0 aliphatic carbocycles. The zero-order chi connectivity index (χ0) is 43.6. The van der Waals surface area contributed by atoms with E-state index in [2.05, 4.69) is 51.8 Å². The molecular weight excluding hydrogens is 783 g/mol. The first-order valence-corrected chi connectivity index (χ1v) is 20.5. The number of aromatic amines is 2. The number of carbonyl (C=O) groups excluding carboxylic acids is 7. The van der Waals surface area contributed by atoms with Gasteiger partial charge in [-0.1, -0.05) is 32.0 Å². The van der Waals surface area contributed by atoms with Gasteiger partial charge >= 0.3 is 0 Å². The third-order valence-electron chi connectivity index (χ3n) is 9.26. The van der Waals surface area contributed by atoms with Crippen molar-refractivity contribution in [2.75, 3.05) is 18.6 Å². The number of aromatic nitrogens is 3. The van der Waals surface area contributed by atoms with Crippen LogP contribution in [0.25, 0.3) is 10.9 Å². The van der Waals surface area contributed by atoms with Gasteiger partial charge in [0.2, 0.25) is 41.4 Å². The maximum absolute atomic E-state index is 14.3. The number of rotatable bonds is 24. The Kier molecular flexibility index (Phi) is 18.7. The number of hydrogen-bond acceptors (Lipinski definition) is 10. The van der Waals surface area contributed by atoms with Gasteiger partial charge in [-0.05, 0) is 55.7 Å². The van der Waals surface area contributed by atoms with Crippen LogP contribution in [-0.4, -0.2) is 117 Å². The molecule has 20 nitrogen and oxygen atoms in total. The Morgan fingerprint density at radius 1 is 0.763 bits per heavy atom. The number of carbonyl (C=O) groups is 7. The van der Waals surface area contributed by atoms with E-state index in [9.17, 15) is 33.6 Å². The second-order valence-corrected chi connectivity index (χ2v) is 15.4. The lowest BCUT2D eigenvalue weighted by Crippen LogP contribution is -2.61. The first-order valence-electron chi connectivity index (χ1n) is 19.1. The molecule has 0 bridgehead atoms. The van der Waals surface area contributed by atoms with Gasteiger partial charge in [-0.25, -0.2) is 4.98 Å². The van der Waals surface area contributed by atoms with E-state index in [-0.39, 0.29) is 38.2 Å². The fourth-order valence-corrected chi connectivity index (χ4v) is 6.53. The number of para-hydroxylation sites is 1. The number of thioether (sulfide) groups is 1. The summed E-state index contributed by atoms with van der Waals surface area (Å²) >= 11 is 1.50. The van der Waals surface area contributed by atoms with Gasteiger partial charge in [-0.15, -0.1) is 0 Å². The Morgan fingerprint density at radius 2 is 1.37 bits per heavy atom. The van der Waals surface area contributed by atoms with E-state index < -0.39 is 83.5 Å². The number of fused-ring (bicyclic) bond motifs is 1. The number of imidazole rings is 1. The molecule has 322 valence electrons. The molecule has 7 amide bonds. The van der Waals surface area contributed by atoms with Gasteiger partial charge in [-0.2, -0.15) is 11.8 Å². The van der Waals surface area contributed by atoms with Gasteiger partial charge in [0.25, 0.3) is 0 Å². The van der Waals surface area contributed by atoms with E-state index >= 15 is 0 Å². The summed E-state index contributed by atoms with van der Waals surface area (Å²) in [5.41, 5.74) is 18.2. The van der Waals surface area contributed by atoms with Crippen molar-refractivity contribution in [1.29, 1.82) is 0 Å². The molecule has 0 aliphatic heterocycles. The van der Waals surface area contributed by atoms with Crippen molar-refractivity contribution in [3.8, 4) is 0 Å². The van der Waals surface area contributed by atoms with Crippen LogP contribution in [0.2, 0.25) is 0 Å². The minimum atomic E-state index is -1.31. The van der Waals surface area contributed by atoms with Crippen molar-refractivity contribution < 1.29 is 33.6 Å². The summed E-state index contributed by atoms with van der Waals surface area (Å²) in [5, 5.41) is 16.9. The van der Waals surface area contributed by atoms with E-state index in [0.29, 0.717) is 23.4 Å². The van der Waals surface area contributed by atoms with Crippen LogP contribution in [0.1, 0.15) is 58.2 Å². The Morgan fingerprint density at radius 3 is 1.98 bits per heavy atom. The molecule has 14 N–H and O–H groups in total. The standard InChI is InChI=1S/C38H57N13O7S/c1-20(2)31(51-34(55)28(12-14-59-5)47-22(4)52)37(58)50-30(16-24-18-42-19-45-24)36(57)49-29(15-23-17-44-26-10-7-6-9-25(23)26)35(56)48-27(11-8-13-43-38(40)41)33(54)46-21(3)32(39)53/h6-7,9-10,17-21,27-31,44H,8,11-16H2,1-5H3,(H2,39,53)(H,42,45)(H,46,54)(H,47,52)(H,48,56)(H,49,57)(H,50,58)(H,51,55)(H4,40,41,43)/t21-,27-,28-,29-,30-,31-/m0/s1. The Hall–Kier alpha value is -6.12. The summed E-state index contributed by atoms with van der Waals surface area (Å²) in [7, 11) is 0. The van der Waals surface area contributed by atoms with Gasteiger partial charge in [0, 0.05) is 55.3 Å². The zero-order valence-corrected chi connectivity index (χ0v) is 34.7. The molecule has 59 heavy (non-hydrogen) atoms. The summed E-state index contributed by atoms with van der Waals surface area (Å²) in [6.45, 7) is 6.28. The van der Waals surface area contributed by atoms with E-state index in [0.717, 1.165) is 10.9 Å². The van der Waals surface area contributed by atoms with Crippen LogP contribution >= 0.6 is 11.8 Å². The van der Waals surface area contributed by atoms with E-state index in [4.69, 9.17) is 17.2 Å². The van der Waals surface area contributed by atoms with Gasteiger partial charge in [-0.3, -0.25) is 38.6 Å². The summed E-state index contributed by atoms with van der Waals surface area (Å²) in [6, 6.07) is 0.505. The fraction of sp³-hybridized carbons (Fsp3) is 0.500. The molecule has 0 radical (unpaired) electrons. The van der Waals surface area contributed by atoms with Gasteiger partial charge in [0.1, 0.15) is 36.3 Å². The predicted octanol–water partition coefficient (Wildman–Crippen LogP) is -1.43. The number of aliphatic imine (C=N–C) groups is 1. The van der Waals surface area contributed by atoms with E-state index in [1.54, 1.807) is 20.0 Å². The fourth-order valence-electron chi connectivity index (χ4n) is 6.06. The Balaban J connectivity index is 1.96. The molecule has 3 aromatic rings. The first-order chi connectivity index (χ1) is 28.0. The highest BCUT2D eigenvalue weighted by atomic mass is 32.2. The summed E-state index contributed by atoms with van der Waals surface area (Å²) < 4.78 is 0. The second-order valence-electron chi connectivity index (χ2n) is 14.4. The van der Waals surface area contributed by atoms with Crippen LogP contribution < -0.4 is 49.1 Å². The Labute approximate surface area is 346 Å². The highest BCUT2D eigenvalue weighted by Gasteiger charge is 2.34. The number of guanidine groups is 1. The number of amides is 7. The first kappa shape index (κ1) is 47.3. The third-order valence-corrected chi connectivity index (χ3v) is 9.90. The van der Waals surface area contributed by atoms with Crippen LogP contribution in [0, 0.1) is 5.92 Å². The maximum Gasteiger partial charge on any atom is 0.243 e. The van der Waals surface area contributed by atoms with Crippen LogP contribution in [0.5, 0.6) is 0 Å². The van der Waals surface area contributed by atoms with E-state index in [1.807, 2.05) is 30.5 Å². The summed E-state index contributed by atoms with van der Waals surface area (Å²) in [5.74, 6) is -4.66. The van der Waals surface area contributed by atoms with Gasteiger partial charge in [0.05, 0.1) is 6.33 Å². The molecular formula is C38H57N13O7S. The van der Waals surface area contributed by atoms with Gasteiger partial charge in [0.15, 0.2) is 5.96 Å². The molecule has 0 fully saturated rings. The number of primary amides is 1. The molecule has 0 saturated heterocycles. The van der Waals surface area contributed by atoms with Crippen LogP contribution in [0.4, 0.5) is 0 Å². The molecule has 0 aliphatic rings. The molecule has 0 unspecified atom stereocenters. The lowest BCUT2D eigenvalue weighted by atomic mass is 10.0. The minimum absolute atomic E-state index is 0.0440. The Bertz CT molecular complexity index is 1930. The van der Waals surface area contributed by atoms with Crippen LogP contribution in [0.15, 0.2) is 48.0 Å². The molecule has 2 heterocycles. The van der Waals surface area contributed by atoms with Crippen LogP contribution in [0.3, 0.4) is 0 Å². The van der Waals surface area contributed by atoms with Crippen molar-refractivity contribution >= 4 is 70.0 Å². The number of hydrogen-bond donors (Lipinski definition) is 11. The molecule has 2 aromatic heterocycles. The molecule has 3 rings (SSSR count). The van der Waals surface area contributed by atoms with Crippen molar-refractivity contribution in [3.63, 3.8) is 0 Å². The summed E-state index contributed by atoms with van der Waals surface area (Å²) in [6.07, 6.45) is 6.97. The maximum atomic E-state index is 14.3. The van der Waals surface area contributed by atoms with Crippen molar-refractivity contribution in [2.45, 2.75) is 96.1 Å². The minimum Gasteiger partial charge on any atom is -0.370 e. The normalized spacial score (nSPS) is 14.1.